The minimum Gasteiger partial charge on any atom is -0.497 e. The quantitative estimate of drug-likeness (QED) is 0.443. The van der Waals surface area contributed by atoms with Crippen LogP contribution in [0.3, 0.4) is 0 Å². The van der Waals surface area contributed by atoms with Gasteiger partial charge in [-0.25, -0.2) is 4.98 Å². The number of carbonyl (C=O) groups excluding carboxylic acids is 1. The molecule has 0 unspecified atom stereocenters. The lowest BCUT2D eigenvalue weighted by atomic mass is 10.2. The number of hydrogen-bond donors (Lipinski definition) is 1. The Balaban J connectivity index is 1.32. The van der Waals surface area contributed by atoms with Gasteiger partial charge in [-0.2, -0.15) is 0 Å². The topological polar surface area (TPSA) is 103 Å². The number of ether oxygens (including phenoxy) is 1. The molecule has 0 radical (unpaired) electrons. The van der Waals surface area contributed by atoms with E-state index in [0.29, 0.717) is 21.9 Å². The number of thiazole rings is 1. The van der Waals surface area contributed by atoms with Gasteiger partial charge < -0.3 is 14.5 Å². The van der Waals surface area contributed by atoms with Gasteiger partial charge in [-0.1, -0.05) is 17.8 Å². The van der Waals surface area contributed by atoms with Gasteiger partial charge in [0.15, 0.2) is 5.13 Å². The molecule has 0 aliphatic rings. The second kappa shape index (κ2) is 8.84. The molecule has 1 N–H and O–H groups in total. The zero-order chi connectivity index (χ0) is 20.1. The van der Waals surface area contributed by atoms with E-state index in [0.717, 1.165) is 28.8 Å². The van der Waals surface area contributed by atoms with Gasteiger partial charge in [0.25, 0.3) is 11.1 Å². The largest absolute Gasteiger partial charge is 0.497 e. The van der Waals surface area contributed by atoms with Crippen LogP contribution in [0, 0.1) is 0 Å². The maximum atomic E-state index is 12.2. The molecule has 8 nitrogen and oxygen atoms in total. The van der Waals surface area contributed by atoms with Crippen molar-refractivity contribution in [2.24, 2.45) is 0 Å². The van der Waals surface area contributed by atoms with Gasteiger partial charge in [-0.05, 0) is 36.4 Å². The van der Waals surface area contributed by atoms with E-state index >= 15 is 0 Å². The number of pyridine rings is 1. The SMILES string of the molecule is COc1ccc(-c2csc(NC(=O)CSc3nnc(-c4ccccn4)o3)n2)cc1. The van der Waals surface area contributed by atoms with Gasteiger partial charge in [0.2, 0.25) is 5.91 Å². The summed E-state index contributed by atoms with van der Waals surface area (Å²) in [7, 11) is 1.62. The van der Waals surface area contributed by atoms with Crippen LogP contribution < -0.4 is 10.1 Å². The van der Waals surface area contributed by atoms with Crippen LogP contribution >= 0.6 is 23.1 Å². The van der Waals surface area contributed by atoms with Crippen LogP contribution in [0.2, 0.25) is 0 Å². The van der Waals surface area contributed by atoms with Crippen LogP contribution in [0.25, 0.3) is 22.8 Å². The number of thioether (sulfide) groups is 1. The highest BCUT2D eigenvalue weighted by molar-refractivity contribution is 7.99. The Hall–Kier alpha value is -3.24. The Labute approximate surface area is 174 Å². The smallest absolute Gasteiger partial charge is 0.277 e. The molecule has 1 aromatic carbocycles. The Morgan fingerprint density at radius 2 is 2.03 bits per heavy atom. The molecule has 146 valence electrons. The van der Waals surface area contributed by atoms with E-state index in [4.69, 9.17) is 9.15 Å². The van der Waals surface area contributed by atoms with Crippen LogP contribution in [0.5, 0.6) is 5.75 Å². The van der Waals surface area contributed by atoms with E-state index < -0.39 is 0 Å². The Kier molecular flexibility index (Phi) is 5.82. The summed E-state index contributed by atoms with van der Waals surface area (Å²) in [5.41, 5.74) is 2.33. The van der Waals surface area contributed by atoms with Crippen molar-refractivity contribution < 1.29 is 13.9 Å². The molecule has 0 saturated carbocycles. The number of nitrogens with zero attached hydrogens (tertiary/aromatic N) is 4. The van der Waals surface area contributed by atoms with Gasteiger partial charge >= 0.3 is 0 Å². The fraction of sp³-hybridized carbons (Fsp3) is 0.105. The van der Waals surface area contributed by atoms with Crippen molar-refractivity contribution >= 4 is 34.1 Å². The van der Waals surface area contributed by atoms with Crippen molar-refractivity contribution in [1.29, 1.82) is 0 Å². The summed E-state index contributed by atoms with van der Waals surface area (Å²) in [6.45, 7) is 0. The van der Waals surface area contributed by atoms with E-state index in [-0.39, 0.29) is 11.7 Å². The molecule has 0 fully saturated rings. The molecule has 3 heterocycles. The minimum absolute atomic E-state index is 0.126. The summed E-state index contributed by atoms with van der Waals surface area (Å²) in [4.78, 5) is 20.8. The van der Waals surface area contributed by atoms with E-state index in [9.17, 15) is 4.79 Å². The third-order valence-corrected chi connectivity index (χ3v) is 5.33. The molecule has 3 aromatic heterocycles. The maximum absolute atomic E-state index is 12.2. The molecule has 0 atom stereocenters. The number of rotatable bonds is 7. The van der Waals surface area contributed by atoms with Crippen molar-refractivity contribution in [1.82, 2.24) is 20.2 Å². The highest BCUT2D eigenvalue weighted by Crippen LogP contribution is 2.27. The van der Waals surface area contributed by atoms with Gasteiger partial charge in [0.1, 0.15) is 11.4 Å². The van der Waals surface area contributed by atoms with E-state index in [1.807, 2.05) is 35.7 Å². The number of nitrogens with one attached hydrogen (secondary N) is 1. The summed E-state index contributed by atoms with van der Waals surface area (Å²) in [6.07, 6.45) is 1.65. The Morgan fingerprint density at radius 3 is 2.79 bits per heavy atom. The Morgan fingerprint density at radius 1 is 1.17 bits per heavy atom. The molecule has 0 aliphatic carbocycles. The molecular formula is C19H15N5O3S2. The van der Waals surface area contributed by atoms with Crippen molar-refractivity contribution in [3.63, 3.8) is 0 Å². The fourth-order valence-corrected chi connectivity index (χ4v) is 3.67. The third kappa shape index (κ3) is 4.79. The standard InChI is InChI=1S/C19H15N5O3S2/c1-26-13-7-5-12(6-8-13)15-10-28-18(21-15)22-16(25)11-29-19-24-23-17(27-19)14-4-2-3-9-20-14/h2-10H,11H2,1H3,(H,21,22,25). The fourth-order valence-electron chi connectivity index (χ4n) is 2.37. The molecule has 29 heavy (non-hydrogen) atoms. The van der Waals surface area contributed by atoms with Crippen LogP contribution in [-0.2, 0) is 4.79 Å². The van der Waals surface area contributed by atoms with Crippen molar-refractivity contribution in [2.45, 2.75) is 5.22 Å². The molecule has 10 heteroatoms. The molecule has 4 aromatic rings. The average molecular weight is 425 g/mol. The van der Waals surface area contributed by atoms with E-state index in [1.165, 1.54) is 11.3 Å². The Bertz CT molecular complexity index is 1100. The molecule has 0 aliphatic heterocycles. The number of methoxy groups -OCH3 is 1. The van der Waals surface area contributed by atoms with Crippen molar-refractivity contribution in [3.8, 4) is 28.6 Å². The molecule has 1 amide bonds. The number of benzene rings is 1. The lowest BCUT2D eigenvalue weighted by molar-refractivity contribution is -0.113. The molecule has 0 spiro atoms. The highest BCUT2D eigenvalue weighted by atomic mass is 32.2. The molecular weight excluding hydrogens is 410 g/mol. The van der Waals surface area contributed by atoms with Crippen LogP contribution in [0.4, 0.5) is 5.13 Å². The minimum atomic E-state index is -0.205. The normalized spacial score (nSPS) is 10.7. The van der Waals surface area contributed by atoms with Crippen LogP contribution in [0.15, 0.2) is 63.7 Å². The summed E-state index contributed by atoms with van der Waals surface area (Å²) < 4.78 is 10.7. The molecule has 0 bridgehead atoms. The van der Waals surface area contributed by atoms with Crippen molar-refractivity contribution in [2.75, 3.05) is 18.2 Å². The number of carbonyl (C=O) groups is 1. The zero-order valence-corrected chi connectivity index (χ0v) is 16.9. The summed E-state index contributed by atoms with van der Waals surface area (Å²) in [5.74, 6) is 1.02. The van der Waals surface area contributed by atoms with Crippen molar-refractivity contribution in [3.05, 3.63) is 54.0 Å². The predicted molar refractivity (Wildman–Crippen MR) is 111 cm³/mol. The van der Waals surface area contributed by atoms with Crippen LogP contribution in [0.1, 0.15) is 0 Å². The third-order valence-electron chi connectivity index (χ3n) is 3.75. The second-order valence-electron chi connectivity index (χ2n) is 5.69. The predicted octanol–water partition coefficient (Wildman–Crippen LogP) is 3.99. The lowest BCUT2D eigenvalue weighted by Gasteiger charge is -2.01. The summed E-state index contributed by atoms with van der Waals surface area (Å²) in [6, 6.07) is 13.0. The first kappa shape index (κ1) is 19.1. The van der Waals surface area contributed by atoms with Gasteiger partial charge in [-0.3, -0.25) is 9.78 Å². The van der Waals surface area contributed by atoms with Gasteiger partial charge in [0, 0.05) is 17.1 Å². The van der Waals surface area contributed by atoms with Gasteiger partial charge in [-0.15, -0.1) is 21.5 Å². The summed E-state index contributed by atoms with van der Waals surface area (Å²) in [5, 5.41) is 13.4. The lowest BCUT2D eigenvalue weighted by Crippen LogP contribution is -2.13. The average Bonchev–Trinajstić information content (AvgIpc) is 3.43. The first-order valence-corrected chi connectivity index (χ1v) is 10.4. The first-order chi connectivity index (χ1) is 14.2. The second-order valence-corrected chi connectivity index (χ2v) is 7.48. The molecule has 0 saturated heterocycles. The summed E-state index contributed by atoms with van der Waals surface area (Å²) >= 11 is 2.52. The maximum Gasteiger partial charge on any atom is 0.277 e. The highest BCUT2D eigenvalue weighted by Gasteiger charge is 2.13. The van der Waals surface area contributed by atoms with E-state index in [2.05, 4.69) is 25.5 Å². The van der Waals surface area contributed by atoms with Gasteiger partial charge in [0.05, 0.1) is 18.6 Å². The zero-order valence-electron chi connectivity index (χ0n) is 15.2. The number of amides is 1. The first-order valence-electron chi connectivity index (χ1n) is 8.49. The molecule has 4 rings (SSSR count). The van der Waals surface area contributed by atoms with Crippen LogP contribution in [-0.4, -0.2) is 38.9 Å². The number of anilines is 1. The monoisotopic (exact) mass is 425 g/mol. The van der Waals surface area contributed by atoms with E-state index in [1.54, 1.807) is 25.4 Å². The number of hydrogen-bond acceptors (Lipinski definition) is 9. The number of aromatic nitrogens is 4.